The molecule has 0 aliphatic carbocycles. The van der Waals surface area contributed by atoms with Crippen molar-refractivity contribution in [2.75, 3.05) is 0 Å². The molecule has 0 fully saturated rings. The van der Waals surface area contributed by atoms with Crippen molar-refractivity contribution in [1.82, 2.24) is 4.98 Å². The Morgan fingerprint density at radius 3 is 2.53 bits per heavy atom. The molecule has 1 atom stereocenters. The quantitative estimate of drug-likeness (QED) is 0.665. The van der Waals surface area contributed by atoms with Gasteiger partial charge in [-0.3, -0.25) is 0 Å². The van der Waals surface area contributed by atoms with Crippen molar-refractivity contribution < 1.29 is 0 Å². The zero-order chi connectivity index (χ0) is 11.3. The molecule has 1 nitrogen and oxygen atoms in total. The summed E-state index contributed by atoms with van der Waals surface area (Å²) >= 11 is 1.75. The number of aromatic nitrogens is 1. The number of hydrogen-bond donors (Lipinski definition) is 0. The number of unbranched alkanes of at least 4 members (excludes halogenated alkanes) is 1. The van der Waals surface area contributed by atoms with Gasteiger partial charge in [0.05, 0.1) is 12.9 Å². The van der Waals surface area contributed by atoms with Gasteiger partial charge < -0.3 is 0 Å². The lowest BCUT2D eigenvalue weighted by Crippen LogP contribution is -2.26. The second-order valence-corrected chi connectivity index (χ2v) is 5.52. The molecule has 0 aromatic carbocycles. The number of aryl methyl sites for hydroxylation is 1. The van der Waals surface area contributed by atoms with Crippen molar-refractivity contribution in [3.63, 3.8) is 0 Å². The smallest absolute Gasteiger partial charge is 0.0901 e. The number of hydrogen-bond acceptors (Lipinski definition) is 2. The number of thiazole rings is 1. The van der Waals surface area contributed by atoms with Crippen LogP contribution in [0.5, 0.6) is 0 Å². The standard InChI is InChI=1S/C12H20BNS/c1-4-6-8-12(13,7-5-2)11-14-9-10(3)15-11/h9H,4-8H2,1-3H3. The topological polar surface area (TPSA) is 12.9 Å². The molecule has 0 bridgehead atoms. The van der Waals surface area contributed by atoms with Crippen molar-refractivity contribution in [2.45, 2.75) is 58.2 Å². The van der Waals surface area contributed by atoms with Crippen molar-refractivity contribution in [1.29, 1.82) is 0 Å². The van der Waals surface area contributed by atoms with Gasteiger partial charge in [0, 0.05) is 11.1 Å². The minimum atomic E-state index is -0.177. The summed E-state index contributed by atoms with van der Waals surface area (Å²) in [4.78, 5) is 5.71. The lowest BCUT2D eigenvalue weighted by molar-refractivity contribution is 0.481. The average Bonchev–Trinajstić information content (AvgIpc) is 2.63. The second kappa shape index (κ2) is 5.69. The Morgan fingerprint density at radius 1 is 1.33 bits per heavy atom. The van der Waals surface area contributed by atoms with Gasteiger partial charge in [-0.15, -0.1) is 11.3 Å². The molecular weight excluding hydrogens is 201 g/mol. The van der Waals surface area contributed by atoms with E-state index in [1.54, 1.807) is 11.3 Å². The fraction of sp³-hybridized carbons (Fsp3) is 0.750. The Hall–Kier alpha value is -0.305. The van der Waals surface area contributed by atoms with Gasteiger partial charge in [0.15, 0.2) is 0 Å². The Bertz CT molecular complexity index is 298. The first-order chi connectivity index (χ1) is 7.12. The highest BCUT2D eigenvalue weighted by molar-refractivity contribution is 7.11. The predicted molar refractivity (Wildman–Crippen MR) is 68.7 cm³/mol. The summed E-state index contributed by atoms with van der Waals surface area (Å²) in [6.07, 6.45) is 7.55. The summed E-state index contributed by atoms with van der Waals surface area (Å²) in [5.74, 6) is 0. The van der Waals surface area contributed by atoms with Crippen molar-refractivity contribution in [3.8, 4) is 0 Å². The molecule has 1 aromatic heterocycles. The van der Waals surface area contributed by atoms with Crippen molar-refractivity contribution in [3.05, 3.63) is 16.1 Å². The van der Waals surface area contributed by atoms with Gasteiger partial charge in [0.1, 0.15) is 0 Å². The third-order valence-corrected chi connectivity index (χ3v) is 3.85. The first-order valence-electron chi connectivity index (χ1n) is 5.84. The highest BCUT2D eigenvalue weighted by Gasteiger charge is 2.27. The summed E-state index contributed by atoms with van der Waals surface area (Å²) in [6, 6.07) is 0. The van der Waals surface area contributed by atoms with E-state index in [1.807, 2.05) is 6.20 Å². The lowest BCUT2D eigenvalue weighted by atomic mass is 9.63. The van der Waals surface area contributed by atoms with Gasteiger partial charge >= 0.3 is 0 Å². The molecule has 0 saturated heterocycles. The highest BCUT2D eigenvalue weighted by atomic mass is 32.1. The summed E-state index contributed by atoms with van der Waals surface area (Å²) < 4.78 is 0. The third kappa shape index (κ3) is 3.34. The first kappa shape index (κ1) is 12.8. The summed E-state index contributed by atoms with van der Waals surface area (Å²) in [6.45, 7) is 6.49. The zero-order valence-corrected chi connectivity index (χ0v) is 10.9. The van der Waals surface area contributed by atoms with Crippen LogP contribution in [0.4, 0.5) is 0 Å². The monoisotopic (exact) mass is 221 g/mol. The molecule has 2 radical (unpaired) electrons. The van der Waals surface area contributed by atoms with Crippen LogP contribution in [-0.2, 0) is 5.31 Å². The van der Waals surface area contributed by atoms with E-state index in [1.165, 1.54) is 17.7 Å². The number of nitrogens with zero attached hydrogens (tertiary/aromatic N) is 1. The molecule has 0 N–H and O–H groups in total. The molecule has 0 aliphatic heterocycles. The van der Waals surface area contributed by atoms with Crippen LogP contribution in [0.2, 0.25) is 0 Å². The van der Waals surface area contributed by atoms with Crippen LogP contribution in [0.1, 0.15) is 55.8 Å². The minimum Gasteiger partial charge on any atom is -0.250 e. The van der Waals surface area contributed by atoms with Crippen molar-refractivity contribution in [2.24, 2.45) is 0 Å². The van der Waals surface area contributed by atoms with Gasteiger partial charge in [-0.25, -0.2) is 4.98 Å². The summed E-state index contributed by atoms with van der Waals surface area (Å²) in [5.41, 5.74) is 0. The molecule has 0 saturated carbocycles. The highest BCUT2D eigenvalue weighted by Crippen LogP contribution is 2.33. The Labute approximate surface area is 98.7 Å². The van der Waals surface area contributed by atoms with E-state index in [4.69, 9.17) is 7.85 Å². The van der Waals surface area contributed by atoms with E-state index in [9.17, 15) is 0 Å². The van der Waals surface area contributed by atoms with Crippen molar-refractivity contribution >= 4 is 19.2 Å². The molecular formula is C12H20BNS. The van der Waals surface area contributed by atoms with Crippen LogP contribution in [-0.4, -0.2) is 12.8 Å². The van der Waals surface area contributed by atoms with Gasteiger partial charge in [0.2, 0.25) is 0 Å². The normalized spacial score (nSPS) is 15.1. The maximum atomic E-state index is 6.48. The lowest BCUT2D eigenvalue weighted by Gasteiger charge is -2.27. The van der Waals surface area contributed by atoms with Gasteiger partial charge in [-0.05, 0) is 25.1 Å². The Morgan fingerprint density at radius 2 is 2.07 bits per heavy atom. The van der Waals surface area contributed by atoms with Crippen LogP contribution in [0.25, 0.3) is 0 Å². The molecule has 1 unspecified atom stereocenters. The van der Waals surface area contributed by atoms with Gasteiger partial charge in [0.25, 0.3) is 0 Å². The fourth-order valence-electron chi connectivity index (χ4n) is 1.86. The second-order valence-electron chi connectivity index (χ2n) is 4.29. The molecule has 15 heavy (non-hydrogen) atoms. The van der Waals surface area contributed by atoms with Crippen LogP contribution in [0.3, 0.4) is 0 Å². The van der Waals surface area contributed by atoms with Gasteiger partial charge in [-0.2, -0.15) is 0 Å². The van der Waals surface area contributed by atoms with Crippen LogP contribution >= 0.6 is 11.3 Å². The maximum absolute atomic E-state index is 6.48. The predicted octanol–water partition coefficient (Wildman–Crippen LogP) is 3.81. The van der Waals surface area contributed by atoms with E-state index in [2.05, 4.69) is 25.8 Å². The maximum Gasteiger partial charge on any atom is 0.0901 e. The van der Waals surface area contributed by atoms with Crippen LogP contribution in [0.15, 0.2) is 6.20 Å². The summed E-state index contributed by atoms with van der Waals surface area (Å²) in [5, 5.41) is 0.944. The van der Waals surface area contributed by atoms with Gasteiger partial charge in [-0.1, -0.05) is 33.1 Å². The van der Waals surface area contributed by atoms with E-state index < -0.39 is 0 Å². The Balaban J connectivity index is 2.79. The third-order valence-electron chi connectivity index (χ3n) is 2.72. The molecule has 82 valence electrons. The fourth-order valence-corrected chi connectivity index (χ4v) is 2.79. The first-order valence-corrected chi connectivity index (χ1v) is 6.66. The van der Waals surface area contributed by atoms with Crippen LogP contribution < -0.4 is 0 Å². The van der Waals surface area contributed by atoms with E-state index in [0.717, 1.165) is 24.3 Å². The molecule has 3 heteroatoms. The van der Waals surface area contributed by atoms with E-state index in [0.29, 0.717) is 0 Å². The molecule has 0 amide bonds. The molecule has 1 aromatic rings. The number of rotatable bonds is 6. The average molecular weight is 221 g/mol. The minimum absolute atomic E-state index is 0.177. The van der Waals surface area contributed by atoms with E-state index >= 15 is 0 Å². The molecule has 0 spiro atoms. The molecule has 1 rings (SSSR count). The molecule has 1 heterocycles. The zero-order valence-electron chi connectivity index (χ0n) is 10.0. The largest absolute Gasteiger partial charge is 0.250 e. The molecule has 0 aliphatic rings. The van der Waals surface area contributed by atoms with E-state index in [-0.39, 0.29) is 5.31 Å². The summed E-state index contributed by atoms with van der Waals surface area (Å²) in [7, 11) is 6.48. The Kier molecular flexibility index (Phi) is 4.84. The van der Waals surface area contributed by atoms with Crippen LogP contribution in [0, 0.1) is 6.92 Å². The SMILES string of the molecule is [B]C(CCC)(CCCC)c1ncc(C)s1.